The number of benzene rings is 1. The van der Waals surface area contributed by atoms with Gasteiger partial charge in [-0.3, -0.25) is 4.79 Å². The number of nitrogens with one attached hydrogen (secondary N) is 2. The predicted octanol–water partition coefficient (Wildman–Crippen LogP) is 2.71. The van der Waals surface area contributed by atoms with Gasteiger partial charge in [0.25, 0.3) is 5.91 Å². The Bertz CT molecular complexity index is 656. The van der Waals surface area contributed by atoms with E-state index in [0.29, 0.717) is 17.1 Å². The Labute approximate surface area is 142 Å². The monoisotopic (exact) mass is 328 g/mol. The summed E-state index contributed by atoms with van der Waals surface area (Å²) in [4.78, 5) is 18.7. The van der Waals surface area contributed by atoms with Gasteiger partial charge in [0.05, 0.1) is 24.6 Å². The zero-order valence-electron chi connectivity index (χ0n) is 14.4. The third-order valence-corrected chi connectivity index (χ3v) is 3.47. The Kier molecular flexibility index (Phi) is 6.57. The number of nitrogens with zero attached hydrogens (tertiary/aromatic N) is 2. The van der Waals surface area contributed by atoms with Crippen molar-refractivity contribution in [2.24, 2.45) is 0 Å². The minimum Gasteiger partial charge on any atom is -0.496 e. The number of ether oxygens (including phenoxy) is 1. The lowest BCUT2D eigenvalue weighted by Crippen LogP contribution is -2.16. The highest BCUT2D eigenvalue weighted by Crippen LogP contribution is 2.19. The molecule has 24 heavy (non-hydrogen) atoms. The minimum absolute atomic E-state index is 0.244. The SMILES string of the molecule is COc1ccccc1C(=O)Nc1ccc(NCCCN(C)C)cn1. The van der Waals surface area contributed by atoms with Crippen LogP contribution in [0, 0.1) is 0 Å². The van der Waals surface area contributed by atoms with Gasteiger partial charge in [-0.25, -0.2) is 4.98 Å². The summed E-state index contributed by atoms with van der Waals surface area (Å²) in [5, 5.41) is 6.09. The molecule has 128 valence electrons. The zero-order valence-corrected chi connectivity index (χ0v) is 14.4. The summed E-state index contributed by atoms with van der Waals surface area (Å²) in [7, 11) is 5.66. The van der Waals surface area contributed by atoms with Crippen LogP contribution in [0.2, 0.25) is 0 Å². The van der Waals surface area contributed by atoms with Crippen molar-refractivity contribution in [3.8, 4) is 5.75 Å². The highest BCUT2D eigenvalue weighted by Gasteiger charge is 2.11. The number of methoxy groups -OCH3 is 1. The molecular weight excluding hydrogens is 304 g/mol. The van der Waals surface area contributed by atoms with Crippen LogP contribution in [-0.2, 0) is 0 Å². The van der Waals surface area contributed by atoms with Crippen molar-refractivity contribution < 1.29 is 9.53 Å². The van der Waals surface area contributed by atoms with Crippen molar-refractivity contribution in [2.45, 2.75) is 6.42 Å². The first kappa shape index (κ1) is 17.7. The van der Waals surface area contributed by atoms with E-state index in [1.807, 2.05) is 12.1 Å². The van der Waals surface area contributed by atoms with Crippen molar-refractivity contribution in [1.29, 1.82) is 0 Å². The first-order chi connectivity index (χ1) is 11.6. The summed E-state index contributed by atoms with van der Waals surface area (Å²) in [6.45, 7) is 1.92. The van der Waals surface area contributed by atoms with Crippen LogP contribution in [-0.4, -0.2) is 50.1 Å². The van der Waals surface area contributed by atoms with Crippen LogP contribution in [0.1, 0.15) is 16.8 Å². The second-order valence-corrected chi connectivity index (χ2v) is 5.67. The number of carbonyl (C=O) groups excluding carboxylic acids is 1. The molecule has 0 aliphatic carbocycles. The molecule has 1 aromatic carbocycles. The number of anilines is 2. The number of rotatable bonds is 8. The Morgan fingerprint density at radius 1 is 1.21 bits per heavy atom. The van der Waals surface area contributed by atoms with Crippen LogP contribution >= 0.6 is 0 Å². The van der Waals surface area contributed by atoms with Gasteiger partial charge in [-0.05, 0) is 51.3 Å². The number of hydrogen-bond donors (Lipinski definition) is 2. The smallest absolute Gasteiger partial charge is 0.260 e. The molecule has 6 heteroatoms. The molecule has 0 spiro atoms. The maximum atomic E-state index is 12.3. The van der Waals surface area contributed by atoms with E-state index in [-0.39, 0.29) is 5.91 Å². The van der Waals surface area contributed by atoms with E-state index in [2.05, 4.69) is 34.6 Å². The molecular formula is C18H24N4O2. The van der Waals surface area contributed by atoms with Crippen LogP contribution in [0.15, 0.2) is 42.6 Å². The first-order valence-electron chi connectivity index (χ1n) is 7.89. The lowest BCUT2D eigenvalue weighted by atomic mass is 10.2. The van der Waals surface area contributed by atoms with E-state index in [0.717, 1.165) is 25.2 Å². The molecule has 0 bridgehead atoms. The molecule has 0 saturated carbocycles. The van der Waals surface area contributed by atoms with Crippen molar-refractivity contribution in [3.63, 3.8) is 0 Å². The van der Waals surface area contributed by atoms with Gasteiger partial charge in [0.15, 0.2) is 0 Å². The van der Waals surface area contributed by atoms with Gasteiger partial charge in [0, 0.05) is 6.54 Å². The summed E-state index contributed by atoms with van der Waals surface area (Å²) in [6, 6.07) is 10.8. The largest absolute Gasteiger partial charge is 0.496 e. The molecule has 2 rings (SSSR count). The van der Waals surface area contributed by atoms with Gasteiger partial charge in [-0.2, -0.15) is 0 Å². The van der Waals surface area contributed by atoms with E-state index >= 15 is 0 Å². The molecule has 0 unspecified atom stereocenters. The maximum Gasteiger partial charge on any atom is 0.260 e. The second kappa shape index (κ2) is 8.88. The highest BCUT2D eigenvalue weighted by molar-refractivity contribution is 6.05. The average Bonchev–Trinajstić information content (AvgIpc) is 2.59. The normalized spacial score (nSPS) is 10.5. The molecule has 0 saturated heterocycles. The third kappa shape index (κ3) is 5.24. The van der Waals surface area contributed by atoms with Gasteiger partial charge in [-0.1, -0.05) is 12.1 Å². The van der Waals surface area contributed by atoms with Gasteiger partial charge >= 0.3 is 0 Å². The van der Waals surface area contributed by atoms with Crippen molar-refractivity contribution in [2.75, 3.05) is 44.9 Å². The van der Waals surface area contributed by atoms with Gasteiger partial charge in [-0.15, -0.1) is 0 Å². The summed E-state index contributed by atoms with van der Waals surface area (Å²) in [5.41, 5.74) is 1.41. The average molecular weight is 328 g/mol. The molecule has 2 aromatic rings. The van der Waals surface area contributed by atoms with E-state index in [4.69, 9.17) is 4.74 Å². The van der Waals surface area contributed by atoms with Gasteiger partial charge in [0.2, 0.25) is 0 Å². The van der Waals surface area contributed by atoms with Crippen molar-refractivity contribution in [3.05, 3.63) is 48.2 Å². The second-order valence-electron chi connectivity index (χ2n) is 5.67. The van der Waals surface area contributed by atoms with E-state index in [9.17, 15) is 4.79 Å². The molecule has 0 aliphatic rings. The van der Waals surface area contributed by atoms with Crippen molar-refractivity contribution >= 4 is 17.4 Å². The lowest BCUT2D eigenvalue weighted by molar-refractivity contribution is 0.102. The predicted molar refractivity (Wildman–Crippen MR) is 96.8 cm³/mol. The summed E-state index contributed by atoms with van der Waals surface area (Å²) in [6.07, 6.45) is 2.77. The number of carbonyl (C=O) groups is 1. The molecule has 0 fully saturated rings. The molecule has 1 aromatic heterocycles. The summed E-state index contributed by atoms with van der Waals surface area (Å²) in [5.74, 6) is 0.797. The summed E-state index contributed by atoms with van der Waals surface area (Å²) < 4.78 is 5.20. The van der Waals surface area contributed by atoms with Crippen LogP contribution in [0.4, 0.5) is 11.5 Å². The van der Waals surface area contributed by atoms with Crippen LogP contribution < -0.4 is 15.4 Å². The molecule has 0 aliphatic heterocycles. The molecule has 0 atom stereocenters. The fourth-order valence-electron chi connectivity index (χ4n) is 2.22. The van der Waals surface area contributed by atoms with E-state index < -0.39 is 0 Å². The topological polar surface area (TPSA) is 66.5 Å². The van der Waals surface area contributed by atoms with Crippen molar-refractivity contribution in [1.82, 2.24) is 9.88 Å². The molecule has 2 N–H and O–H groups in total. The van der Waals surface area contributed by atoms with Crippen LogP contribution in [0.25, 0.3) is 0 Å². The number of amides is 1. The molecule has 1 amide bonds. The van der Waals surface area contributed by atoms with Gasteiger partial charge < -0.3 is 20.3 Å². The van der Waals surface area contributed by atoms with E-state index in [1.54, 1.807) is 37.6 Å². The quantitative estimate of drug-likeness (QED) is 0.729. The Hall–Kier alpha value is -2.60. The molecule has 6 nitrogen and oxygen atoms in total. The summed E-state index contributed by atoms with van der Waals surface area (Å²) >= 11 is 0. The van der Waals surface area contributed by atoms with E-state index in [1.165, 1.54) is 0 Å². The number of hydrogen-bond acceptors (Lipinski definition) is 5. The standard InChI is InChI=1S/C18H24N4O2/c1-22(2)12-6-11-19-14-9-10-17(20-13-14)21-18(23)15-7-4-5-8-16(15)24-3/h4-5,7-10,13,19H,6,11-12H2,1-3H3,(H,20,21,23). The number of pyridine rings is 1. The fourth-order valence-corrected chi connectivity index (χ4v) is 2.22. The maximum absolute atomic E-state index is 12.3. The molecule has 0 radical (unpaired) electrons. The number of aromatic nitrogens is 1. The third-order valence-electron chi connectivity index (χ3n) is 3.47. The Balaban J connectivity index is 1.90. The minimum atomic E-state index is -0.244. The zero-order chi connectivity index (χ0) is 17.4. The molecule has 1 heterocycles. The fraction of sp³-hybridized carbons (Fsp3) is 0.333. The van der Waals surface area contributed by atoms with Crippen LogP contribution in [0.3, 0.4) is 0 Å². The highest BCUT2D eigenvalue weighted by atomic mass is 16.5. The lowest BCUT2D eigenvalue weighted by Gasteiger charge is -2.11. The van der Waals surface area contributed by atoms with Gasteiger partial charge in [0.1, 0.15) is 11.6 Å². The van der Waals surface area contributed by atoms with Crippen LogP contribution in [0.5, 0.6) is 5.75 Å². The Morgan fingerprint density at radius 2 is 2.00 bits per heavy atom. The number of para-hydroxylation sites is 1. The Morgan fingerprint density at radius 3 is 2.67 bits per heavy atom. The first-order valence-corrected chi connectivity index (χ1v) is 7.89.